The van der Waals surface area contributed by atoms with Crippen LogP contribution in [0.4, 0.5) is 0 Å². The second kappa shape index (κ2) is 5.41. The van der Waals surface area contributed by atoms with E-state index in [0.717, 1.165) is 0 Å². The lowest BCUT2D eigenvalue weighted by Gasteiger charge is -2.54. The number of rotatable bonds is 2. The molecule has 1 aromatic heterocycles. The van der Waals surface area contributed by atoms with Crippen molar-refractivity contribution in [1.29, 1.82) is 0 Å². The van der Waals surface area contributed by atoms with Crippen LogP contribution in [0.5, 0.6) is 0 Å². The summed E-state index contributed by atoms with van der Waals surface area (Å²) in [5.74, 6) is -1.16. The molecule has 0 spiro atoms. The van der Waals surface area contributed by atoms with Gasteiger partial charge in [0.25, 0.3) is 0 Å². The predicted molar refractivity (Wildman–Crippen MR) is 89.5 cm³/mol. The summed E-state index contributed by atoms with van der Waals surface area (Å²) in [4.78, 5) is 24.8. The van der Waals surface area contributed by atoms with Gasteiger partial charge in [-0.3, -0.25) is 4.79 Å². The number of hydrogen-bond acceptors (Lipinski definition) is 7. The van der Waals surface area contributed by atoms with Gasteiger partial charge >= 0.3 is 11.6 Å². The number of carbonyl (C=O) groups excluding carboxylic acids is 1. The number of esters is 1. The Bertz CT molecular complexity index is 830. The normalized spacial score (nSPS) is 42.0. The van der Waals surface area contributed by atoms with E-state index in [1.807, 2.05) is 13.8 Å². The van der Waals surface area contributed by atoms with E-state index in [9.17, 15) is 24.9 Å². The summed E-state index contributed by atoms with van der Waals surface area (Å²) < 4.78 is 10.9. The van der Waals surface area contributed by atoms with Gasteiger partial charge < -0.3 is 24.5 Å². The molecule has 1 saturated carbocycles. The van der Waals surface area contributed by atoms with E-state index in [2.05, 4.69) is 0 Å². The average molecular weight is 364 g/mol. The Hall–Kier alpha value is -1.70. The number of carbonyl (C=O) groups is 1. The largest absolute Gasteiger partial charge is 0.458 e. The Balaban J connectivity index is 2.05. The van der Waals surface area contributed by atoms with E-state index >= 15 is 0 Å². The zero-order valence-electron chi connectivity index (χ0n) is 15.1. The first kappa shape index (κ1) is 17.7. The Morgan fingerprint density at radius 3 is 2.65 bits per heavy atom. The number of ether oxygens (including phenoxy) is 1. The third kappa shape index (κ3) is 1.94. The predicted octanol–water partition coefficient (Wildman–Crippen LogP) is 0.743. The van der Waals surface area contributed by atoms with Crippen LogP contribution in [-0.4, -0.2) is 40.1 Å². The van der Waals surface area contributed by atoms with E-state index in [4.69, 9.17) is 9.15 Å². The molecule has 7 nitrogen and oxygen atoms in total. The lowest BCUT2D eigenvalue weighted by molar-refractivity contribution is -0.151. The quantitative estimate of drug-likeness (QED) is 0.663. The van der Waals surface area contributed by atoms with E-state index < -0.39 is 46.6 Å². The minimum atomic E-state index is -1.17. The summed E-state index contributed by atoms with van der Waals surface area (Å²) in [7, 11) is 0. The van der Waals surface area contributed by atoms with Gasteiger partial charge in [0.1, 0.15) is 18.0 Å². The van der Waals surface area contributed by atoms with Crippen molar-refractivity contribution < 1.29 is 29.3 Å². The number of aliphatic hydroxyl groups excluding tert-OH is 3. The van der Waals surface area contributed by atoms with Crippen LogP contribution in [0, 0.1) is 11.3 Å². The summed E-state index contributed by atoms with van der Waals surface area (Å²) in [6, 6.07) is 1.31. The Labute approximate surface area is 150 Å². The smallest absolute Gasteiger partial charge is 0.336 e. The van der Waals surface area contributed by atoms with Crippen molar-refractivity contribution in [2.24, 2.45) is 11.3 Å². The van der Waals surface area contributed by atoms with E-state index in [0.29, 0.717) is 24.0 Å². The topological polar surface area (TPSA) is 117 Å². The molecule has 1 aliphatic heterocycles. The van der Waals surface area contributed by atoms with Gasteiger partial charge in [0.15, 0.2) is 0 Å². The van der Waals surface area contributed by atoms with Crippen LogP contribution in [0.2, 0.25) is 0 Å². The van der Waals surface area contributed by atoms with Crippen molar-refractivity contribution in [3.05, 3.63) is 33.4 Å². The van der Waals surface area contributed by atoms with Gasteiger partial charge in [-0.25, -0.2) is 4.79 Å². The molecule has 0 aromatic carbocycles. The highest BCUT2D eigenvalue weighted by Crippen LogP contribution is 2.63. The monoisotopic (exact) mass is 364 g/mol. The van der Waals surface area contributed by atoms with Crippen LogP contribution in [0.15, 0.2) is 15.3 Å². The van der Waals surface area contributed by atoms with Gasteiger partial charge in [0.05, 0.1) is 18.1 Å². The summed E-state index contributed by atoms with van der Waals surface area (Å²) in [5.41, 5.74) is -1.51. The van der Waals surface area contributed by atoms with Gasteiger partial charge in [0.2, 0.25) is 0 Å². The number of aliphatic hydroxyl groups is 3. The summed E-state index contributed by atoms with van der Waals surface area (Å²) in [5, 5.41) is 31.5. The average Bonchev–Trinajstić information content (AvgIpc) is 2.88. The first-order valence-corrected chi connectivity index (χ1v) is 9.02. The van der Waals surface area contributed by atoms with E-state index in [1.54, 1.807) is 6.92 Å². The Kier molecular flexibility index (Phi) is 3.68. The zero-order chi connectivity index (χ0) is 19.0. The molecule has 4 rings (SSSR count). The van der Waals surface area contributed by atoms with Crippen molar-refractivity contribution >= 4 is 5.97 Å². The summed E-state index contributed by atoms with van der Waals surface area (Å²) in [6.45, 7) is 5.05. The highest BCUT2D eigenvalue weighted by Gasteiger charge is 2.69. The molecule has 3 N–H and O–H groups in total. The van der Waals surface area contributed by atoms with Crippen molar-refractivity contribution in [3.63, 3.8) is 0 Å². The molecule has 7 heteroatoms. The maximum absolute atomic E-state index is 12.6. The Morgan fingerprint density at radius 2 is 2.00 bits per heavy atom. The van der Waals surface area contributed by atoms with Crippen LogP contribution in [0.1, 0.15) is 62.5 Å². The minimum Gasteiger partial charge on any atom is -0.458 e. The molecule has 0 bridgehead atoms. The van der Waals surface area contributed by atoms with Crippen molar-refractivity contribution in [2.75, 3.05) is 6.61 Å². The van der Waals surface area contributed by atoms with Gasteiger partial charge in [-0.15, -0.1) is 0 Å². The molecule has 1 saturated heterocycles. The molecule has 7 unspecified atom stereocenters. The fourth-order valence-corrected chi connectivity index (χ4v) is 5.50. The minimum absolute atomic E-state index is 0.185. The van der Waals surface area contributed by atoms with Gasteiger partial charge in [-0.1, -0.05) is 13.8 Å². The second-order valence-corrected chi connectivity index (χ2v) is 8.39. The molecule has 142 valence electrons. The maximum Gasteiger partial charge on any atom is 0.336 e. The molecule has 0 radical (unpaired) electrons. The molecule has 26 heavy (non-hydrogen) atoms. The zero-order valence-corrected chi connectivity index (χ0v) is 15.1. The van der Waals surface area contributed by atoms with E-state index in [-0.39, 0.29) is 18.3 Å². The molecule has 1 aromatic rings. The molecular formula is C19H24O7. The molecule has 2 aliphatic carbocycles. The molecule has 2 heterocycles. The third-order valence-electron chi connectivity index (χ3n) is 6.94. The van der Waals surface area contributed by atoms with Gasteiger partial charge in [-0.2, -0.15) is 0 Å². The second-order valence-electron chi connectivity index (χ2n) is 8.39. The maximum atomic E-state index is 12.6. The van der Waals surface area contributed by atoms with Crippen molar-refractivity contribution in [2.45, 2.75) is 63.3 Å². The standard InChI is InChI=1S/C19H24O7/c1-8(7-20)14-12-9(6-11(22)25-14)19(3)10(21)4-5-18(2)16(19)15(13(12)23)26-17(18)24/h6,8,10,13,15-16,20-21,23H,4-5,7H2,1-3H3. The first-order chi connectivity index (χ1) is 12.2. The summed E-state index contributed by atoms with van der Waals surface area (Å²) >= 11 is 0. The van der Waals surface area contributed by atoms with Crippen LogP contribution in [0.3, 0.4) is 0 Å². The third-order valence-corrected chi connectivity index (χ3v) is 6.94. The fraction of sp³-hybridized carbons (Fsp3) is 0.684. The van der Waals surface area contributed by atoms with E-state index in [1.165, 1.54) is 6.07 Å². The lowest BCUT2D eigenvalue weighted by atomic mass is 9.48. The molecule has 7 atom stereocenters. The summed E-state index contributed by atoms with van der Waals surface area (Å²) in [6.07, 6.45) is -1.92. The van der Waals surface area contributed by atoms with Gasteiger partial charge in [-0.05, 0) is 25.3 Å². The van der Waals surface area contributed by atoms with Crippen molar-refractivity contribution in [1.82, 2.24) is 0 Å². The molecule has 0 amide bonds. The first-order valence-electron chi connectivity index (χ1n) is 9.02. The van der Waals surface area contributed by atoms with Crippen LogP contribution >= 0.6 is 0 Å². The SMILES string of the molecule is CC(CO)c1oc(=O)cc2c1C(O)C1OC(=O)C3(C)CCC(O)C2(C)C13. The van der Waals surface area contributed by atoms with Crippen molar-refractivity contribution in [3.8, 4) is 0 Å². The lowest BCUT2D eigenvalue weighted by Crippen LogP contribution is -2.60. The van der Waals surface area contributed by atoms with Crippen LogP contribution in [-0.2, 0) is 14.9 Å². The Morgan fingerprint density at radius 1 is 1.31 bits per heavy atom. The molecule has 3 aliphatic rings. The van der Waals surface area contributed by atoms with Gasteiger partial charge in [0, 0.05) is 28.9 Å². The highest BCUT2D eigenvalue weighted by atomic mass is 16.6. The highest BCUT2D eigenvalue weighted by molar-refractivity contribution is 5.81. The number of hydrogen-bond donors (Lipinski definition) is 3. The number of fused-ring (bicyclic) bond motifs is 2. The molecule has 2 fully saturated rings. The van der Waals surface area contributed by atoms with Crippen LogP contribution < -0.4 is 5.63 Å². The fourth-order valence-electron chi connectivity index (χ4n) is 5.50. The van der Waals surface area contributed by atoms with Crippen LogP contribution in [0.25, 0.3) is 0 Å². The molecular weight excluding hydrogens is 340 g/mol.